The summed E-state index contributed by atoms with van der Waals surface area (Å²) in [4.78, 5) is 19.7. The van der Waals surface area contributed by atoms with Crippen molar-refractivity contribution in [3.8, 4) is 0 Å². The summed E-state index contributed by atoms with van der Waals surface area (Å²) in [6.45, 7) is 4.05. The van der Waals surface area contributed by atoms with Crippen LogP contribution in [0.25, 0.3) is 10.9 Å². The van der Waals surface area contributed by atoms with E-state index in [1.54, 1.807) is 6.20 Å². The summed E-state index contributed by atoms with van der Waals surface area (Å²) in [5.74, 6) is 0.928. The van der Waals surface area contributed by atoms with Crippen molar-refractivity contribution in [3.63, 3.8) is 0 Å². The third-order valence-corrected chi connectivity index (χ3v) is 3.07. The molecule has 0 saturated heterocycles. The van der Waals surface area contributed by atoms with E-state index in [0.717, 1.165) is 16.7 Å². The van der Waals surface area contributed by atoms with Crippen molar-refractivity contribution >= 4 is 16.7 Å². The molecule has 2 heterocycles. The summed E-state index contributed by atoms with van der Waals surface area (Å²) in [6, 6.07) is 7.57. The standard InChI is InChI=1S/C14H14N4O/c1-8(2)14-15-7-11(16-14)13(19)12-9-5-3-4-6-10(9)17-18-12/h3-8H,1-2H3,(H,15,16)(H,17,18). The van der Waals surface area contributed by atoms with E-state index in [-0.39, 0.29) is 11.7 Å². The highest BCUT2D eigenvalue weighted by Crippen LogP contribution is 2.18. The Morgan fingerprint density at radius 3 is 2.79 bits per heavy atom. The molecule has 0 radical (unpaired) electrons. The number of nitrogens with zero attached hydrogens (tertiary/aromatic N) is 2. The number of H-pyrrole nitrogens is 2. The number of hydrogen-bond donors (Lipinski definition) is 2. The molecular weight excluding hydrogens is 240 g/mol. The van der Waals surface area contributed by atoms with Gasteiger partial charge in [-0.2, -0.15) is 5.10 Å². The number of carbonyl (C=O) groups is 1. The minimum atomic E-state index is -0.142. The molecule has 0 amide bonds. The quantitative estimate of drug-likeness (QED) is 0.705. The van der Waals surface area contributed by atoms with Gasteiger partial charge >= 0.3 is 0 Å². The lowest BCUT2D eigenvalue weighted by Gasteiger charge is -1.98. The maximum Gasteiger partial charge on any atom is 0.231 e. The third kappa shape index (κ3) is 1.93. The first-order chi connectivity index (χ1) is 9.16. The molecule has 96 valence electrons. The maximum absolute atomic E-state index is 12.4. The van der Waals surface area contributed by atoms with E-state index in [0.29, 0.717) is 11.4 Å². The fraction of sp³-hybridized carbons (Fsp3) is 0.214. The van der Waals surface area contributed by atoms with Crippen LogP contribution in [0, 0.1) is 0 Å². The first kappa shape index (κ1) is 11.6. The molecule has 0 aliphatic rings. The average Bonchev–Trinajstić information content (AvgIpc) is 3.05. The summed E-state index contributed by atoms with van der Waals surface area (Å²) >= 11 is 0. The van der Waals surface area contributed by atoms with E-state index in [1.165, 1.54) is 0 Å². The molecule has 0 aliphatic carbocycles. The van der Waals surface area contributed by atoms with Crippen molar-refractivity contribution in [1.29, 1.82) is 0 Å². The molecular formula is C14H14N4O. The summed E-state index contributed by atoms with van der Waals surface area (Å²) < 4.78 is 0. The second kappa shape index (κ2) is 4.35. The fourth-order valence-corrected chi connectivity index (χ4v) is 2.01. The Bertz CT molecular complexity index is 739. The zero-order valence-corrected chi connectivity index (χ0v) is 10.8. The Kier molecular flexibility index (Phi) is 2.67. The van der Waals surface area contributed by atoms with Crippen LogP contribution in [0.4, 0.5) is 0 Å². The van der Waals surface area contributed by atoms with Crippen molar-refractivity contribution in [2.45, 2.75) is 19.8 Å². The van der Waals surface area contributed by atoms with E-state index in [9.17, 15) is 4.79 Å². The number of fused-ring (bicyclic) bond motifs is 1. The normalized spacial score (nSPS) is 11.3. The SMILES string of the molecule is CC(C)c1ncc(C(=O)c2n[nH]c3ccccc23)[nH]1. The summed E-state index contributed by atoms with van der Waals surface area (Å²) in [5.41, 5.74) is 1.75. The molecule has 3 rings (SSSR count). The molecule has 3 aromatic rings. The molecule has 1 aromatic carbocycles. The zero-order chi connectivity index (χ0) is 13.4. The van der Waals surface area contributed by atoms with Gasteiger partial charge in [0.1, 0.15) is 17.2 Å². The molecule has 0 unspecified atom stereocenters. The van der Waals surface area contributed by atoms with Crippen LogP contribution in [-0.4, -0.2) is 25.9 Å². The third-order valence-electron chi connectivity index (χ3n) is 3.07. The van der Waals surface area contributed by atoms with Crippen molar-refractivity contribution in [1.82, 2.24) is 20.2 Å². The number of ketones is 1. The number of aromatic amines is 2. The molecule has 19 heavy (non-hydrogen) atoms. The van der Waals surface area contributed by atoms with Crippen molar-refractivity contribution in [2.24, 2.45) is 0 Å². The molecule has 0 fully saturated rings. The zero-order valence-electron chi connectivity index (χ0n) is 10.8. The number of imidazole rings is 1. The Balaban J connectivity index is 2.03. The number of rotatable bonds is 3. The van der Waals surface area contributed by atoms with Crippen LogP contribution in [0.5, 0.6) is 0 Å². The molecule has 2 aromatic heterocycles. The van der Waals surface area contributed by atoms with Crippen LogP contribution < -0.4 is 0 Å². The van der Waals surface area contributed by atoms with Gasteiger partial charge < -0.3 is 4.98 Å². The van der Waals surface area contributed by atoms with Crippen molar-refractivity contribution < 1.29 is 4.79 Å². The smallest absolute Gasteiger partial charge is 0.231 e. The highest BCUT2D eigenvalue weighted by atomic mass is 16.1. The largest absolute Gasteiger partial charge is 0.339 e. The van der Waals surface area contributed by atoms with Gasteiger partial charge in [0.15, 0.2) is 0 Å². The number of hydrogen-bond acceptors (Lipinski definition) is 3. The highest BCUT2D eigenvalue weighted by Gasteiger charge is 2.18. The minimum Gasteiger partial charge on any atom is -0.339 e. The molecule has 0 aliphatic heterocycles. The predicted molar refractivity (Wildman–Crippen MR) is 72.2 cm³/mol. The molecule has 0 atom stereocenters. The van der Waals surface area contributed by atoms with Gasteiger partial charge in [-0.25, -0.2) is 4.98 Å². The van der Waals surface area contributed by atoms with Crippen molar-refractivity contribution in [3.05, 3.63) is 47.7 Å². The van der Waals surface area contributed by atoms with E-state index in [2.05, 4.69) is 20.2 Å². The number of para-hydroxylation sites is 1. The Morgan fingerprint density at radius 2 is 2.05 bits per heavy atom. The second-order valence-electron chi connectivity index (χ2n) is 4.78. The lowest BCUT2D eigenvalue weighted by Crippen LogP contribution is -2.03. The van der Waals surface area contributed by atoms with Gasteiger partial charge in [-0.05, 0) is 6.07 Å². The molecule has 5 nitrogen and oxygen atoms in total. The minimum absolute atomic E-state index is 0.142. The van der Waals surface area contributed by atoms with Gasteiger partial charge in [0, 0.05) is 11.3 Å². The van der Waals surface area contributed by atoms with Crippen LogP contribution in [0.2, 0.25) is 0 Å². The van der Waals surface area contributed by atoms with Crippen LogP contribution in [0.1, 0.15) is 41.8 Å². The molecule has 5 heteroatoms. The molecule has 0 spiro atoms. The van der Waals surface area contributed by atoms with Gasteiger partial charge in [0.05, 0.1) is 11.7 Å². The lowest BCUT2D eigenvalue weighted by molar-refractivity contribution is 0.103. The topological polar surface area (TPSA) is 74.4 Å². The predicted octanol–water partition coefficient (Wildman–Crippen LogP) is 2.64. The van der Waals surface area contributed by atoms with Crippen LogP contribution in [0.15, 0.2) is 30.5 Å². The van der Waals surface area contributed by atoms with Crippen LogP contribution in [0.3, 0.4) is 0 Å². The fourth-order valence-electron chi connectivity index (χ4n) is 2.01. The molecule has 2 N–H and O–H groups in total. The summed E-state index contributed by atoms with van der Waals surface area (Å²) in [7, 11) is 0. The Morgan fingerprint density at radius 1 is 1.26 bits per heavy atom. The van der Waals surface area contributed by atoms with Gasteiger partial charge in [0.2, 0.25) is 5.78 Å². The monoisotopic (exact) mass is 254 g/mol. The average molecular weight is 254 g/mol. The molecule has 0 bridgehead atoms. The van der Waals surface area contributed by atoms with Gasteiger partial charge in [-0.1, -0.05) is 32.0 Å². The van der Waals surface area contributed by atoms with E-state index in [4.69, 9.17) is 0 Å². The highest BCUT2D eigenvalue weighted by molar-refractivity contribution is 6.13. The molecule has 0 saturated carbocycles. The second-order valence-corrected chi connectivity index (χ2v) is 4.78. The van der Waals surface area contributed by atoms with Gasteiger partial charge in [0.25, 0.3) is 0 Å². The number of carbonyl (C=O) groups excluding carboxylic acids is 1. The number of benzene rings is 1. The van der Waals surface area contributed by atoms with E-state index < -0.39 is 0 Å². The Labute approximate surface area is 110 Å². The summed E-state index contributed by atoms with van der Waals surface area (Å²) in [5, 5.41) is 7.79. The first-order valence-corrected chi connectivity index (χ1v) is 6.19. The van der Waals surface area contributed by atoms with E-state index in [1.807, 2.05) is 38.1 Å². The van der Waals surface area contributed by atoms with Crippen LogP contribution >= 0.6 is 0 Å². The Hall–Kier alpha value is -2.43. The summed E-state index contributed by atoms with van der Waals surface area (Å²) in [6.07, 6.45) is 1.57. The van der Waals surface area contributed by atoms with Gasteiger partial charge in [-0.15, -0.1) is 0 Å². The van der Waals surface area contributed by atoms with Crippen LogP contribution in [-0.2, 0) is 0 Å². The first-order valence-electron chi connectivity index (χ1n) is 6.19. The number of aromatic nitrogens is 4. The van der Waals surface area contributed by atoms with Gasteiger partial charge in [-0.3, -0.25) is 9.89 Å². The van der Waals surface area contributed by atoms with Crippen molar-refractivity contribution in [2.75, 3.05) is 0 Å². The maximum atomic E-state index is 12.4. The lowest BCUT2D eigenvalue weighted by atomic mass is 10.1. The van der Waals surface area contributed by atoms with E-state index >= 15 is 0 Å². The number of nitrogens with one attached hydrogen (secondary N) is 2.